The van der Waals surface area contributed by atoms with E-state index in [4.69, 9.17) is 22.4 Å². The average Bonchev–Trinajstić information content (AvgIpc) is 2.26. The largest absolute Gasteiger partial charge is 0.480 e. The summed E-state index contributed by atoms with van der Waals surface area (Å²) in [5.74, 6) is -1.23. The van der Waals surface area contributed by atoms with Gasteiger partial charge in [0, 0.05) is 12.2 Å². The third-order valence-electron chi connectivity index (χ3n) is 2.49. The van der Waals surface area contributed by atoms with E-state index in [1.54, 1.807) is 17.0 Å². The number of anilines is 1. The van der Waals surface area contributed by atoms with Crippen LogP contribution in [0.4, 0.5) is 5.69 Å². The molecule has 0 heterocycles. The van der Waals surface area contributed by atoms with Crippen molar-refractivity contribution in [3.05, 3.63) is 28.8 Å². The van der Waals surface area contributed by atoms with E-state index in [0.29, 0.717) is 18.2 Å². The predicted molar refractivity (Wildman–Crippen MR) is 74.7 cm³/mol. The molecule has 0 aliphatic carbocycles. The lowest BCUT2D eigenvalue weighted by Gasteiger charge is -2.25. The average molecular weight is 285 g/mol. The SMILES string of the molecule is CC(C)CN(CC(=O)O)c1ccc(C(N)=O)c(Cl)c1. The number of carbonyl (C=O) groups excluding carboxylic acids is 1. The van der Waals surface area contributed by atoms with Crippen molar-refractivity contribution < 1.29 is 14.7 Å². The van der Waals surface area contributed by atoms with Crippen molar-refractivity contribution in [3.63, 3.8) is 0 Å². The van der Waals surface area contributed by atoms with Crippen LogP contribution >= 0.6 is 11.6 Å². The Morgan fingerprint density at radius 1 is 1.42 bits per heavy atom. The highest BCUT2D eigenvalue weighted by Gasteiger charge is 2.15. The Morgan fingerprint density at radius 2 is 2.05 bits per heavy atom. The van der Waals surface area contributed by atoms with Crippen LogP contribution in [-0.4, -0.2) is 30.1 Å². The molecular formula is C13H17ClN2O3. The Labute approximate surface area is 117 Å². The number of carboxylic acid groups (broad SMARTS) is 1. The molecule has 0 saturated heterocycles. The lowest BCUT2D eigenvalue weighted by atomic mass is 10.1. The molecule has 1 aromatic rings. The molecule has 104 valence electrons. The number of halogens is 1. The summed E-state index contributed by atoms with van der Waals surface area (Å²) in [7, 11) is 0. The van der Waals surface area contributed by atoms with E-state index in [1.165, 1.54) is 6.07 Å². The molecule has 0 fully saturated rings. The van der Waals surface area contributed by atoms with Gasteiger partial charge < -0.3 is 15.7 Å². The molecule has 0 spiro atoms. The second kappa shape index (κ2) is 6.43. The molecule has 1 aromatic carbocycles. The van der Waals surface area contributed by atoms with Gasteiger partial charge in [0.2, 0.25) is 5.91 Å². The highest BCUT2D eigenvalue weighted by molar-refractivity contribution is 6.34. The van der Waals surface area contributed by atoms with Gasteiger partial charge in [-0.15, -0.1) is 0 Å². The Bertz CT molecular complexity index is 489. The fourth-order valence-electron chi connectivity index (χ4n) is 1.77. The van der Waals surface area contributed by atoms with Crippen LogP contribution < -0.4 is 10.6 Å². The summed E-state index contributed by atoms with van der Waals surface area (Å²) in [5.41, 5.74) is 6.06. The summed E-state index contributed by atoms with van der Waals surface area (Å²) in [5, 5.41) is 9.15. The molecule has 1 rings (SSSR count). The molecule has 0 aromatic heterocycles. The zero-order valence-electron chi connectivity index (χ0n) is 10.9. The highest BCUT2D eigenvalue weighted by Crippen LogP contribution is 2.24. The lowest BCUT2D eigenvalue weighted by Crippen LogP contribution is -2.33. The number of carbonyl (C=O) groups is 2. The summed E-state index contributed by atoms with van der Waals surface area (Å²) >= 11 is 5.97. The molecule has 6 heteroatoms. The van der Waals surface area contributed by atoms with Gasteiger partial charge in [0.1, 0.15) is 6.54 Å². The van der Waals surface area contributed by atoms with Gasteiger partial charge in [-0.2, -0.15) is 0 Å². The quantitative estimate of drug-likeness (QED) is 0.837. The normalized spacial score (nSPS) is 10.5. The number of benzene rings is 1. The summed E-state index contributed by atoms with van der Waals surface area (Å²) < 4.78 is 0. The molecular weight excluding hydrogens is 268 g/mol. The molecule has 19 heavy (non-hydrogen) atoms. The second-order valence-corrected chi connectivity index (χ2v) is 5.10. The first kappa shape index (κ1) is 15.3. The summed E-state index contributed by atoms with van der Waals surface area (Å²) in [6.45, 7) is 4.45. The van der Waals surface area contributed by atoms with Gasteiger partial charge in [-0.25, -0.2) is 0 Å². The second-order valence-electron chi connectivity index (χ2n) is 4.70. The van der Waals surface area contributed by atoms with Crippen LogP contribution in [0.15, 0.2) is 18.2 Å². The standard InChI is InChI=1S/C13H17ClN2O3/c1-8(2)6-16(7-12(17)18)9-3-4-10(13(15)19)11(14)5-9/h3-5,8H,6-7H2,1-2H3,(H2,15,19)(H,17,18). The first-order chi connectivity index (χ1) is 8.81. The Kier molecular flexibility index (Phi) is 5.18. The minimum Gasteiger partial charge on any atom is -0.480 e. The Hall–Kier alpha value is -1.75. The van der Waals surface area contributed by atoms with Crippen molar-refractivity contribution in [1.29, 1.82) is 0 Å². The first-order valence-electron chi connectivity index (χ1n) is 5.87. The van der Waals surface area contributed by atoms with E-state index in [9.17, 15) is 9.59 Å². The maximum atomic E-state index is 11.1. The summed E-state index contributed by atoms with van der Waals surface area (Å²) in [6.07, 6.45) is 0. The highest BCUT2D eigenvalue weighted by atomic mass is 35.5. The number of nitrogens with two attached hydrogens (primary N) is 1. The molecule has 0 bridgehead atoms. The molecule has 0 aliphatic heterocycles. The number of hydrogen-bond donors (Lipinski definition) is 2. The van der Waals surface area contributed by atoms with Crippen molar-refractivity contribution in [2.45, 2.75) is 13.8 Å². The van der Waals surface area contributed by atoms with E-state index >= 15 is 0 Å². The Balaban J connectivity index is 3.05. The molecule has 0 unspecified atom stereocenters. The number of rotatable bonds is 6. The fraction of sp³-hybridized carbons (Fsp3) is 0.385. The molecule has 0 aliphatic rings. The minimum atomic E-state index is -0.921. The van der Waals surface area contributed by atoms with E-state index in [1.807, 2.05) is 13.8 Å². The number of carboxylic acids is 1. The number of nitrogens with zero attached hydrogens (tertiary/aromatic N) is 1. The van der Waals surface area contributed by atoms with E-state index in [-0.39, 0.29) is 17.1 Å². The van der Waals surface area contributed by atoms with Gasteiger partial charge in [-0.3, -0.25) is 9.59 Å². The maximum absolute atomic E-state index is 11.1. The number of aliphatic carboxylic acids is 1. The number of primary amides is 1. The molecule has 3 N–H and O–H groups in total. The summed E-state index contributed by atoms with van der Waals surface area (Å²) in [4.78, 5) is 23.7. The number of amides is 1. The molecule has 1 amide bonds. The van der Waals surface area contributed by atoms with Crippen LogP contribution in [0.2, 0.25) is 5.02 Å². The molecule has 5 nitrogen and oxygen atoms in total. The number of hydrogen-bond acceptors (Lipinski definition) is 3. The Morgan fingerprint density at radius 3 is 2.47 bits per heavy atom. The van der Waals surface area contributed by atoms with E-state index < -0.39 is 11.9 Å². The van der Waals surface area contributed by atoms with Gasteiger partial charge in [0.05, 0.1) is 10.6 Å². The van der Waals surface area contributed by atoms with Gasteiger partial charge in [0.25, 0.3) is 0 Å². The topological polar surface area (TPSA) is 83.6 Å². The predicted octanol–water partition coefficient (Wildman–Crippen LogP) is 1.99. The molecule has 0 saturated carbocycles. The molecule has 0 radical (unpaired) electrons. The van der Waals surface area contributed by atoms with Crippen LogP contribution in [0.3, 0.4) is 0 Å². The van der Waals surface area contributed by atoms with Gasteiger partial charge in [0.15, 0.2) is 0 Å². The van der Waals surface area contributed by atoms with Crippen LogP contribution in [0.1, 0.15) is 24.2 Å². The maximum Gasteiger partial charge on any atom is 0.323 e. The van der Waals surface area contributed by atoms with E-state index in [0.717, 1.165) is 0 Å². The monoisotopic (exact) mass is 284 g/mol. The van der Waals surface area contributed by atoms with E-state index in [2.05, 4.69) is 0 Å². The van der Waals surface area contributed by atoms with Crippen LogP contribution in [0.25, 0.3) is 0 Å². The van der Waals surface area contributed by atoms with Gasteiger partial charge in [-0.1, -0.05) is 25.4 Å². The third-order valence-corrected chi connectivity index (χ3v) is 2.81. The van der Waals surface area contributed by atoms with Crippen molar-refractivity contribution in [2.24, 2.45) is 11.7 Å². The zero-order chi connectivity index (χ0) is 14.6. The zero-order valence-corrected chi connectivity index (χ0v) is 11.6. The minimum absolute atomic E-state index is 0.121. The van der Waals surface area contributed by atoms with Crippen LogP contribution in [0.5, 0.6) is 0 Å². The van der Waals surface area contributed by atoms with Crippen molar-refractivity contribution in [2.75, 3.05) is 18.0 Å². The lowest BCUT2D eigenvalue weighted by molar-refractivity contribution is -0.135. The van der Waals surface area contributed by atoms with Gasteiger partial charge in [-0.05, 0) is 24.1 Å². The third kappa shape index (κ3) is 4.44. The van der Waals surface area contributed by atoms with Gasteiger partial charge >= 0.3 is 5.97 Å². The summed E-state index contributed by atoms with van der Waals surface area (Å²) in [6, 6.07) is 4.72. The van der Waals surface area contributed by atoms with Crippen LogP contribution in [-0.2, 0) is 4.79 Å². The van der Waals surface area contributed by atoms with Crippen molar-refractivity contribution >= 4 is 29.2 Å². The molecule has 0 atom stereocenters. The smallest absolute Gasteiger partial charge is 0.323 e. The van der Waals surface area contributed by atoms with Crippen molar-refractivity contribution in [3.8, 4) is 0 Å². The van der Waals surface area contributed by atoms with Crippen molar-refractivity contribution in [1.82, 2.24) is 0 Å². The van der Waals surface area contributed by atoms with Crippen LogP contribution in [0, 0.1) is 5.92 Å². The fourth-order valence-corrected chi connectivity index (χ4v) is 2.03. The first-order valence-corrected chi connectivity index (χ1v) is 6.25.